The summed E-state index contributed by atoms with van der Waals surface area (Å²) in [5, 5.41) is 9.54. The number of halogens is 4. The van der Waals surface area contributed by atoms with E-state index in [0.717, 1.165) is 6.07 Å². The number of rotatable bonds is 3. The number of aliphatic hydroxyl groups is 1. The van der Waals surface area contributed by atoms with Gasteiger partial charge in [0.1, 0.15) is 11.9 Å². The summed E-state index contributed by atoms with van der Waals surface area (Å²) < 4.78 is 50.1. The molecule has 1 atom stereocenters. The molecular formula is C12H10F4O2. The molecule has 0 radical (unpaired) electrons. The van der Waals surface area contributed by atoms with E-state index in [2.05, 4.69) is 0 Å². The van der Waals surface area contributed by atoms with Gasteiger partial charge in [-0.2, -0.15) is 13.2 Å². The van der Waals surface area contributed by atoms with Crippen LogP contribution >= 0.6 is 0 Å². The number of carbonyl (C=O) groups excluding carboxylic acids is 1. The third-order valence-electron chi connectivity index (χ3n) is 2.90. The van der Waals surface area contributed by atoms with Crippen LogP contribution in [0.3, 0.4) is 0 Å². The first-order valence-electron chi connectivity index (χ1n) is 5.39. The number of carbonyl (C=O) groups is 1. The third kappa shape index (κ3) is 2.53. The largest absolute Gasteiger partial charge is 0.419 e. The highest BCUT2D eigenvalue weighted by Gasteiger charge is 2.37. The molecule has 2 nitrogen and oxygen atoms in total. The SMILES string of the molecule is O=C(c1ccc(C(F)(F)F)c(F)c1)C(O)C1CC1. The van der Waals surface area contributed by atoms with E-state index in [1.807, 2.05) is 0 Å². The quantitative estimate of drug-likeness (QED) is 0.671. The molecule has 0 bridgehead atoms. The van der Waals surface area contributed by atoms with E-state index < -0.39 is 29.4 Å². The highest BCUT2D eigenvalue weighted by Crippen LogP contribution is 2.35. The second-order valence-corrected chi connectivity index (χ2v) is 4.34. The number of benzene rings is 1. The second-order valence-electron chi connectivity index (χ2n) is 4.34. The predicted octanol–water partition coefficient (Wildman–Crippen LogP) is 2.80. The standard InChI is InChI=1S/C12H10F4O2/c13-9-5-7(3-4-8(9)12(14,15)16)11(18)10(17)6-1-2-6/h3-6,10,17H,1-2H2. The van der Waals surface area contributed by atoms with Crippen LogP contribution in [0.15, 0.2) is 18.2 Å². The summed E-state index contributed by atoms with van der Waals surface area (Å²) in [6.07, 6.45) is -4.63. The summed E-state index contributed by atoms with van der Waals surface area (Å²) in [4.78, 5) is 11.6. The highest BCUT2D eigenvalue weighted by molar-refractivity contribution is 5.99. The minimum Gasteiger partial charge on any atom is -0.385 e. The summed E-state index contributed by atoms with van der Waals surface area (Å²) >= 11 is 0. The van der Waals surface area contributed by atoms with Crippen LogP contribution in [0.25, 0.3) is 0 Å². The molecule has 18 heavy (non-hydrogen) atoms. The smallest absolute Gasteiger partial charge is 0.385 e. The average molecular weight is 262 g/mol. The van der Waals surface area contributed by atoms with Crippen molar-refractivity contribution in [2.45, 2.75) is 25.1 Å². The summed E-state index contributed by atoms with van der Waals surface area (Å²) in [6.45, 7) is 0. The van der Waals surface area contributed by atoms with Crippen LogP contribution in [-0.4, -0.2) is 17.0 Å². The molecule has 1 fully saturated rings. The molecule has 0 aliphatic heterocycles. The van der Waals surface area contributed by atoms with Gasteiger partial charge >= 0.3 is 6.18 Å². The first kappa shape index (κ1) is 13.0. The first-order chi connectivity index (χ1) is 8.30. The van der Waals surface area contributed by atoms with Crippen LogP contribution < -0.4 is 0 Å². The van der Waals surface area contributed by atoms with Gasteiger partial charge in [0.2, 0.25) is 0 Å². The van der Waals surface area contributed by atoms with E-state index in [-0.39, 0.29) is 11.5 Å². The number of ketones is 1. The maximum absolute atomic E-state index is 13.2. The Hall–Kier alpha value is -1.43. The number of hydrogen-bond acceptors (Lipinski definition) is 2. The molecule has 1 aromatic rings. The van der Waals surface area contributed by atoms with Crippen molar-refractivity contribution in [3.05, 3.63) is 35.1 Å². The number of hydrogen-bond donors (Lipinski definition) is 1. The summed E-state index contributed by atoms with van der Waals surface area (Å²) in [5.41, 5.74) is -1.65. The first-order valence-corrected chi connectivity index (χ1v) is 5.39. The van der Waals surface area contributed by atoms with Crippen molar-refractivity contribution < 1.29 is 27.5 Å². The van der Waals surface area contributed by atoms with E-state index in [9.17, 15) is 27.5 Å². The van der Waals surface area contributed by atoms with E-state index >= 15 is 0 Å². The maximum atomic E-state index is 13.2. The second kappa shape index (κ2) is 4.35. The van der Waals surface area contributed by atoms with Crippen LogP contribution in [0, 0.1) is 11.7 Å². The van der Waals surface area contributed by atoms with Gasteiger partial charge in [-0.05, 0) is 30.9 Å². The Bertz CT molecular complexity index is 477. The van der Waals surface area contributed by atoms with Crippen LogP contribution in [0.2, 0.25) is 0 Å². The number of aliphatic hydroxyl groups excluding tert-OH is 1. The molecule has 0 aromatic heterocycles. The highest BCUT2D eigenvalue weighted by atomic mass is 19.4. The lowest BCUT2D eigenvalue weighted by Gasteiger charge is -2.11. The zero-order valence-corrected chi connectivity index (χ0v) is 9.17. The lowest BCUT2D eigenvalue weighted by Crippen LogP contribution is -2.23. The minimum atomic E-state index is -4.79. The van der Waals surface area contributed by atoms with Crippen molar-refractivity contribution in [2.75, 3.05) is 0 Å². The van der Waals surface area contributed by atoms with Crippen molar-refractivity contribution in [1.29, 1.82) is 0 Å². The number of alkyl halides is 3. The van der Waals surface area contributed by atoms with Crippen LogP contribution in [-0.2, 0) is 6.18 Å². The molecule has 1 aliphatic rings. The van der Waals surface area contributed by atoms with Crippen LogP contribution in [0.5, 0.6) is 0 Å². The molecule has 1 saturated carbocycles. The van der Waals surface area contributed by atoms with Gasteiger partial charge in [-0.3, -0.25) is 4.79 Å². The summed E-state index contributed by atoms with van der Waals surface area (Å²) in [6, 6.07) is 1.93. The molecule has 1 unspecified atom stereocenters. The van der Waals surface area contributed by atoms with E-state index in [4.69, 9.17) is 0 Å². The molecule has 1 aromatic carbocycles. The van der Waals surface area contributed by atoms with Crippen molar-refractivity contribution in [3.63, 3.8) is 0 Å². The monoisotopic (exact) mass is 262 g/mol. The topological polar surface area (TPSA) is 37.3 Å². The van der Waals surface area contributed by atoms with Gasteiger partial charge in [0.25, 0.3) is 0 Å². The summed E-state index contributed by atoms with van der Waals surface area (Å²) in [5.74, 6) is -2.38. The molecule has 0 amide bonds. The molecule has 0 heterocycles. The van der Waals surface area contributed by atoms with Gasteiger partial charge in [-0.25, -0.2) is 4.39 Å². The summed E-state index contributed by atoms with van der Waals surface area (Å²) in [7, 11) is 0. The van der Waals surface area contributed by atoms with Gasteiger partial charge < -0.3 is 5.11 Å². The molecule has 1 aliphatic carbocycles. The van der Waals surface area contributed by atoms with Crippen LogP contribution in [0.1, 0.15) is 28.8 Å². The van der Waals surface area contributed by atoms with Gasteiger partial charge in [-0.15, -0.1) is 0 Å². The van der Waals surface area contributed by atoms with E-state index in [0.29, 0.717) is 25.0 Å². The Labute approximate surface area is 100 Å². The van der Waals surface area contributed by atoms with Crippen molar-refractivity contribution >= 4 is 5.78 Å². The molecule has 6 heteroatoms. The molecule has 2 rings (SSSR count). The van der Waals surface area contributed by atoms with Crippen molar-refractivity contribution in [1.82, 2.24) is 0 Å². The van der Waals surface area contributed by atoms with Gasteiger partial charge in [0.05, 0.1) is 5.56 Å². The van der Waals surface area contributed by atoms with Gasteiger partial charge in [0, 0.05) is 5.56 Å². The average Bonchev–Trinajstić information content (AvgIpc) is 3.09. The fraction of sp³-hybridized carbons (Fsp3) is 0.417. The third-order valence-corrected chi connectivity index (χ3v) is 2.90. The normalized spacial score (nSPS) is 17.6. The zero-order valence-electron chi connectivity index (χ0n) is 9.17. The lowest BCUT2D eigenvalue weighted by molar-refractivity contribution is -0.140. The molecule has 0 spiro atoms. The maximum Gasteiger partial charge on any atom is 0.419 e. The van der Waals surface area contributed by atoms with E-state index in [1.54, 1.807) is 0 Å². The minimum absolute atomic E-state index is 0.150. The Morgan fingerprint density at radius 2 is 1.94 bits per heavy atom. The number of Topliss-reactive ketones (excluding diaryl/α,β-unsaturated/α-hetero) is 1. The lowest BCUT2D eigenvalue weighted by atomic mass is 10.0. The fourth-order valence-corrected chi connectivity index (χ4v) is 1.70. The Morgan fingerprint density at radius 3 is 2.39 bits per heavy atom. The Balaban J connectivity index is 2.25. The van der Waals surface area contributed by atoms with Crippen molar-refractivity contribution in [2.24, 2.45) is 5.92 Å². The zero-order chi connectivity index (χ0) is 13.5. The fourth-order valence-electron chi connectivity index (χ4n) is 1.70. The predicted molar refractivity (Wildman–Crippen MR) is 54.5 cm³/mol. The molecule has 0 saturated heterocycles. The van der Waals surface area contributed by atoms with Crippen LogP contribution in [0.4, 0.5) is 17.6 Å². The van der Waals surface area contributed by atoms with Gasteiger partial charge in [-0.1, -0.05) is 6.07 Å². The Kier molecular flexibility index (Phi) is 3.14. The van der Waals surface area contributed by atoms with Gasteiger partial charge in [0.15, 0.2) is 5.78 Å². The molecule has 98 valence electrons. The molecule has 1 N–H and O–H groups in total. The Morgan fingerprint density at radius 1 is 1.33 bits per heavy atom. The van der Waals surface area contributed by atoms with Crippen molar-refractivity contribution in [3.8, 4) is 0 Å². The van der Waals surface area contributed by atoms with E-state index in [1.165, 1.54) is 0 Å². The molecular weight excluding hydrogens is 252 g/mol.